The average Bonchev–Trinajstić information content (AvgIpc) is 2.05. The summed E-state index contributed by atoms with van der Waals surface area (Å²) in [6, 6.07) is -0.633. The molecule has 0 saturated carbocycles. The van der Waals surface area contributed by atoms with E-state index < -0.39 is 11.9 Å². The smallest absolute Gasteiger partial charge is 0.238 e. The highest BCUT2D eigenvalue weighted by Gasteiger charge is 2.13. The summed E-state index contributed by atoms with van der Waals surface area (Å²) in [5.41, 5.74) is 11.4. The lowest BCUT2D eigenvalue weighted by atomic mass is 10.0. The third-order valence-corrected chi connectivity index (χ3v) is 1.69. The predicted molar refractivity (Wildman–Crippen MR) is 43.6 cm³/mol. The van der Waals surface area contributed by atoms with E-state index in [-0.39, 0.29) is 0 Å². The van der Waals surface area contributed by atoms with Crippen LogP contribution in [-0.2, 0) is 4.79 Å². The summed E-state index contributed by atoms with van der Waals surface area (Å²) in [4.78, 5) is 10.6. The molecule has 11 heavy (non-hydrogen) atoms. The summed E-state index contributed by atoms with van der Waals surface area (Å²) in [6.45, 7) is 0. The van der Waals surface area contributed by atoms with Gasteiger partial charge in [-0.2, -0.15) is 0 Å². The van der Waals surface area contributed by atoms with Gasteiger partial charge in [0.15, 0.2) is 0 Å². The van der Waals surface area contributed by atoms with Gasteiger partial charge in [0.25, 0.3) is 0 Å². The largest absolute Gasteiger partial charge is 0.368 e. The van der Waals surface area contributed by atoms with Crippen molar-refractivity contribution >= 4 is 5.91 Å². The zero-order valence-electron chi connectivity index (χ0n) is 6.29. The molecule has 1 amide bonds. The number of hydrogen-bond donors (Lipinski definition) is 2. The summed E-state index contributed by atoms with van der Waals surface area (Å²) in [5.74, 6) is -0.470. The van der Waals surface area contributed by atoms with E-state index in [9.17, 15) is 4.79 Å². The van der Waals surface area contributed by atoms with Crippen LogP contribution in [0.15, 0.2) is 23.8 Å². The first kappa shape index (κ1) is 8.01. The van der Waals surface area contributed by atoms with Crippen molar-refractivity contribution in [1.82, 2.24) is 0 Å². The molecule has 0 heterocycles. The molecule has 4 N–H and O–H groups in total. The number of allylic oxidation sites excluding steroid dienone is 2. The zero-order valence-corrected chi connectivity index (χ0v) is 6.29. The van der Waals surface area contributed by atoms with Crippen molar-refractivity contribution in [2.45, 2.75) is 18.9 Å². The SMILES string of the molecule is NC(=O)[C@H](N)C1=CCCC=C1. The van der Waals surface area contributed by atoms with Gasteiger partial charge in [0.1, 0.15) is 6.04 Å². The third-order valence-electron chi connectivity index (χ3n) is 1.69. The fraction of sp³-hybridized carbons (Fsp3) is 0.375. The van der Waals surface area contributed by atoms with Crippen LogP contribution in [0, 0.1) is 0 Å². The minimum absolute atomic E-state index is 0.470. The Labute approximate surface area is 65.8 Å². The number of primary amides is 1. The number of carbonyl (C=O) groups excluding carboxylic acids is 1. The molecule has 0 radical (unpaired) electrons. The van der Waals surface area contributed by atoms with Crippen molar-refractivity contribution in [3.8, 4) is 0 Å². The minimum Gasteiger partial charge on any atom is -0.368 e. The minimum atomic E-state index is -0.633. The zero-order chi connectivity index (χ0) is 8.27. The lowest BCUT2D eigenvalue weighted by Gasteiger charge is -2.11. The van der Waals surface area contributed by atoms with E-state index in [1.807, 2.05) is 18.2 Å². The maximum Gasteiger partial charge on any atom is 0.238 e. The van der Waals surface area contributed by atoms with Crippen molar-refractivity contribution in [1.29, 1.82) is 0 Å². The Hall–Kier alpha value is -1.09. The molecule has 0 spiro atoms. The predicted octanol–water partition coefficient (Wildman–Crippen LogP) is 0.0754. The van der Waals surface area contributed by atoms with Crippen LogP contribution in [-0.4, -0.2) is 11.9 Å². The van der Waals surface area contributed by atoms with Crippen molar-refractivity contribution in [2.24, 2.45) is 11.5 Å². The molecule has 1 atom stereocenters. The van der Waals surface area contributed by atoms with Gasteiger partial charge in [-0.3, -0.25) is 4.79 Å². The Morgan fingerprint density at radius 3 is 2.73 bits per heavy atom. The van der Waals surface area contributed by atoms with Gasteiger partial charge in [0.05, 0.1) is 0 Å². The van der Waals surface area contributed by atoms with Crippen LogP contribution < -0.4 is 11.5 Å². The molecule has 0 aromatic carbocycles. The van der Waals surface area contributed by atoms with Crippen LogP contribution in [0.3, 0.4) is 0 Å². The van der Waals surface area contributed by atoms with Crippen LogP contribution in [0.4, 0.5) is 0 Å². The maximum atomic E-state index is 10.6. The molecule has 60 valence electrons. The number of carbonyl (C=O) groups is 1. The second-order valence-electron chi connectivity index (χ2n) is 2.56. The molecule has 0 fully saturated rings. The number of hydrogen-bond acceptors (Lipinski definition) is 2. The fourth-order valence-corrected chi connectivity index (χ4v) is 1.03. The summed E-state index contributed by atoms with van der Waals surface area (Å²) in [6.07, 6.45) is 7.79. The van der Waals surface area contributed by atoms with Crippen molar-refractivity contribution in [2.75, 3.05) is 0 Å². The Kier molecular flexibility index (Phi) is 2.44. The van der Waals surface area contributed by atoms with Crippen molar-refractivity contribution in [3.05, 3.63) is 23.8 Å². The molecule has 0 saturated heterocycles. The van der Waals surface area contributed by atoms with Gasteiger partial charge in [0, 0.05) is 0 Å². The lowest BCUT2D eigenvalue weighted by molar-refractivity contribution is -0.118. The molecule has 1 rings (SSSR count). The monoisotopic (exact) mass is 152 g/mol. The van der Waals surface area contributed by atoms with Gasteiger partial charge in [-0.05, 0) is 18.4 Å². The molecular formula is C8H12N2O. The summed E-state index contributed by atoms with van der Waals surface area (Å²) >= 11 is 0. The second kappa shape index (κ2) is 3.34. The number of amides is 1. The van der Waals surface area contributed by atoms with Gasteiger partial charge in [-0.25, -0.2) is 0 Å². The summed E-state index contributed by atoms with van der Waals surface area (Å²) in [7, 11) is 0. The first-order chi connectivity index (χ1) is 5.22. The van der Waals surface area contributed by atoms with Crippen LogP contribution in [0.2, 0.25) is 0 Å². The molecule has 3 heteroatoms. The van der Waals surface area contributed by atoms with Crippen LogP contribution in [0.25, 0.3) is 0 Å². The summed E-state index contributed by atoms with van der Waals surface area (Å²) < 4.78 is 0. The van der Waals surface area contributed by atoms with E-state index in [1.54, 1.807) is 0 Å². The lowest BCUT2D eigenvalue weighted by Crippen LogP contribution is -2.37. The van der Waals surface area contributed by atoms with Crippen molar-refractivity contribution in [3.63, 3.8) is 0 Å². The van der Waals surface area contributed by atoms with E-state index >= 15 is 0 Å². The number of rotatable bonds is 2. The molecule has 0 aromatic rings. The van der Waals surface area contributed by atoms with Gasteiger partial charge >= 0.3 is 0 Å². The highest BCUT2D eigenvalue weighted by Crippen LogP contribution is 2.11. The Balaban J connectivity index is 2.66. The fourth-order valence-electron chi connectivity index (χ4n) is 1.03. The van der Waals surface area contributed by atoms with Crippen LogP contribution in [0.5, 0.6) is 0 Å². The topological polar surface area (TPSA) is 69.1 Å². The van der Waals surface area contributed by atoms with Crippen molar-refractivity contribution < 1.29 is 4.79 Å². The van der Waals surface area contributed by atoms with Crippen LogP contribution in [0.1, 0.15) is 12.8 Å². The molecule has 1 aliphatic carbocycles. The molecule has 0 aliphatic heterocycles. The quantitative estimate of drug-likeness (QED) is 0.588. The number of nitrogens with two attached hydrogens (primary N) is 2. The molecule has 0 unspecified atom stereocenters. The van der Waals surface area contributed by atoms with E-state index in [1.165, 1.54) is 0 Å². The van der Waals surface area contributed by atoms with E-state index in [4.69, 9.17) is 11.5 Å². The third kappa shape index (κ3) is 1.91. The van der Waals surface area contributed by atoms with Gasteiger partial charge in [-0.15, -0.1) is 0 Å². The van der Waals surface area contributed by atoms with Gasteiger partial charge in [-0.1, -0.05) is 18.2 Å². The molecule has 3 nitrogen and oxygen atoms in total. The molecule has 0 bridgehead atoms. The molecular weight excluding hydrogens is 140 g/mol. The van der Waals surface area contributed by atoms with Crippen LogP contribution >= 0.6 is 0 Å². The second-order valence-corrected chi connectivity index (χ2v) is 2.56. The summed E-state index contributed by atoms with van der Waals surface area (Å²) in [5, 5.41) is 0. The Bertz CT molecular complexity index is 218. The van der Waals surface area contributed by atoms with Gasteiger partial charge < -0.3 is 11.5 Å². The van der Waals surface area contributed by atoms with E-state index in [0.29, 0.717) is 0 Å². The Morgan fingerprint density at radius 1 is 1.55 bits per heavy atom. The normalized spacial score (nSPS) is 19.2. The maximum absolute atomic E-state index is 10.6. The first-order valence-corrected chi connectivity index (χ1v) is 3.63. The first-order valence-electron chi connectivity index (χ1n) is 3.63. The Morgan fingerprint density at radius 2 is 2.27 bits per heavy atom. The highest BCUT2D eigenvalue weighted by molar-refractivity contribution is 5.83. The van der Waals surface area contributed by atoms with Gasteiger partial charge in [0.2, 0.25) is 5.91 Å². The average molecular weight is 152 g/mol. The van der Waals surface area contributed by atoms with E-state index in [2.05, 4.69) is 0 Å². The molecule has 1 aliphatic rings. The van der Waals surface area contributed by atoms with E-state index in [0.717, 1.165) is 18.4 Å². The standard InChI is InChI=1S/C8H12N2O/c9-7(8(10)11)6-4-2-1-3-5-6/h2,4-5,7H,1,3,9H2,(H2,10,11)/t7-/m1/s1. The highest BCUT2D eigenvalue weighted by atomic mass is 16.1. The molecule has 0 aromatic heterocycles.